The van der Waals surface area contributed by atoms with E-state index in [1.807, 2.05) is 58.0 Å². The number of aromatic nitrogens is 2. The fourth-order valence-corrected chi connectivity index (χ4v) is 3.63. The number of rotatable bonds is 5. The van der Waals surface area contributed by atoms with Gasteiger partial charge in [-0.2, -0.15) is 0 Å². The van der Waals surface area contributed by atoms with E-state index in [4.69, 9.17) is 0 Å². The first-order valence-electron chi connectivity index (χ1n) is 9.77. The fraction of sp³-hybridized carbons (Fsp3) is 0.167. The van der Waals surface area contributed by atoms with Crippen LogP contribution in [0.2, 0.25) is 0 Å². The Kier molecular flexibility index (Phi) is 4.35. The van der Waals surface area contributed by atoms with Crippen LogP contribution in [0.1, 0.15) is 28.8 Å². The average Bonchev–Trinajstić information content (AvgIpc) is 3.51. The highest BCUT2D eigenvalue weighted by Crippen LogP contribution is 2.30. The predicted molar refractivity (Wildman–Crippen MR) is 110 cm³/mol. The number of carbonyl (C=O) groups excluding carboxylic acids is 1. The maximum atomic E-state index is 13.2. The van der Waals surface area contributed by atoms with E-state index in [2.05, 4.69) is 4.98 Å². The molecule has 0 aliphatic heterocycles. The highest BCUT2D eigenvalue weighted by atomic mass is 19.1. The molecule has 144 valence electrons. The lowest BCUT2D eigenvalue weighted by Crippen LogP contribution is -2.32. The van der Waals surface area contributed by atoms with Gasteiger partial charge in [0.2, 0.25) is 0 Å². The number of hydrogen-bond acceptors (Lipinski definition) is 2. The third-order valence-corrected chi connectivity index (χ3v) is 5.36. The molecule has 0 N–H and O–H groups in total. The summed E-state index contributed by atoms with van der Waals surface area (Å²) in [6.45, 7) is 0.498. The second-order valence-corrected chi connectivity index (χ2v) is 7.44. The molecule has 1 heterocycles. The minimum Gasteiger partial charge on any atom is -0.331 e. The third kappa shape index (κ3) is 3.51. The van der Waals surface area contributed by atoms with E-state index in [1.54, 1.807) is 18.5 Å². The molecule has 5 heteroatoms. The van der Waals surface area contributed by atoms with E-state index in [0.717, 1.165) is 35.1 Å². The van der Waals surface area contributed by atoms with E-state index in [0.29, 0.717) is 12.1 Å². The number of fused-ring (bicyclic) bond motifs is 1. The van der Waals surface area contributed by atoms with Crippen molar-refractivity contribution in [3.63, 3.8) is 0 Å². The van der Waals surface area contributed by atoms with E-state index in [9.17, 15) is 9.18 Å². The summed E-state index contributed by atoms with van der Waals surface area (Å²) >= 11 is 0. The largest absolute Gasteiger partial charge is 0.331 e. The first kappa shape index (κ1) is 17.6. The molecule has 1 aliphatic rings. The maximum absolute atomic E-state index is 13.2. The molecular formula is C24H20FN3O. The van der Waals surface area contributed by atoms with E-state index in [-0.39, 0.29) is 17.8 Å². The predicted octanol–water partition coefficient (Wildman–Crippen LogP) is 4.97. The van der Waals surface area contributed by atoms with Gasteiger partial charge in [0.05, 0.1) is 11.0 Å². The molecular weight excluding hydrogens is 365 g/mol. The second kappa shape index (κ2) is 7.17. The van der Waals surface area contributed by atoms with Crippen LogP contribution in [-0.4, -0.2) is 26.4 Å². The minimum absolute atomic E-state index is 0.0128. The molecule has 5 rings (SSSR count). The van der Waals surface area contributed by atoms with Crippen LogP contribution in [0.3, 0.4) is 0 Å². The van der Waals surface area contributed by atoms with Gasteiger partial charge >= 0.3 is 0 Å². The third-order valence-electron chi connectivity index (χ3n) is 5.36. The Bertz CT molecular complexity index is 1160. The van der Waals surface area contributed by atoms with Gasteiger partial charge in [0.25, 0.3) is 5.91 Å². The Morgan fingerprint density at radius 1 is 1.00 bits per heavy atom. The summed E-state index contributed by atoms with van der Waals surface area (Å²) in [5.74, 6) is -0.250. The lowest BCUT2D eigenvalue weighted by molar-refractivity contribution is 0.0730. The minimum atomic E-state index is -0.263. The van der Waals surface area contributed by atoms with Crippen LogP contribution in [0, 0.1) is 5.82 Å². The Morgan fingerprint density at radius 3 is 2.45 bits per heavy atom. The smallest absolute Gasteiger partial charge is 0.254 e. The monoisotopic (exact) mass is 385 g/mol. The quantitative estimate of drug-likeness (QED) is 0.486. The topological polar surface area (TPSA) is 38.1 Å². The first-order chi connectivity index (χ1) is 14.2. The van der Waals surface area contributed by atoms with Gasteiger partial charge in [-0.25, -0.2) is 9.37 Å². The Balaban J connectivity index is 1.39. The summed E-state index contributed by atoms with van der Waals surface area (Å²) < 4.78 is 15.2. The standard InChI is InChI=1S/C24H20FN3O/c25-19-9-5-17(6-10-19)15-27(20-13-14-20)24(29)18-7-11-21(12-8-18)28-16-26-22-3-1-2-4-23(22)28/h1-12,16,20H,13-15H2. The van der Waals surface area contributed by atoms with Crippen molar-refractivity contribution in [3.8, 4) is 5.69 Å². The molecule has 0 bridgehead atoms. The van der Waals surface area contributed by atoms with Gasteiger partial charge in [-0.15, -0.1) is 0 Å². The van der Waals surface area contributed by atoms with Gasteiger partial charge in [0, 0.05) is 23.8 Å². The second-order valence-electron chi connectivity index (χ2n) is 7.44. The van der Waals surface area contributed by atoms with E-state index < -0.39 is 0 Å². The van der Waals surface area contributed by atoms with Crippen LogP contribution in [0.15, 0.2) is 79.1 Å². The van der Waals surface area contributed by atoms with Gasteiger partial charge in [-0.05, 0) is 66.9 Å². The van der Waals surface area contributed by atoms with Crippen LogP contribution < -0.4 is 0 Å². The summed E-state index contributed by atoms with van der Waals surface area (Å²) in [7, 11) is 0. The molecule has 0 unspecified atom stereocenters. The van der Waals surface area contributed by atoms with Crippen LogP contribution in [-0.2, 0) is 6.54 Å². The van der Waals surface area contributed by atoms with Crippen LogP contribution >= 0.6 is 0 Å². The van der Waals surface area contributed by atoms with Crippen molar-refractivity contribution in [2.24, 2.45) is 0 Å². The normalized spacial score (nSPS) is 13.6. The number of carbonyl (C=O) groups is 1. The van der Waals surface area contributed by atoms with Crippen molar-refractivity contribution < 1.29 is 9.18 Å². The molecule has 0 spiro atoms. The maximum Gasteiger partial charge on any atom is 0.254 e. The highest BCUT2D eigenvalue weighted by Gasteiger charge is 2.33. The van der Waals surface area contributed by atoms with Crippen LogP contribution in [0.5, 0.6) is 0 Å². The SMILES string of the molecule is O=C(c1ccc(-n2cnc3ccccc32)cc1)N(Cc1ccc(F)cc1)C1CC1. The number of nitrogens with zero attached hydrogens (tertiary/aromatic N) is 3. The summed E-state index contributed by atoms with van der Waals surface area (Å²) in [5.41, 5.74) is 4.53. The molecule has 1 saturated carbocycles. The summed E-state index contributed by atoms with van der Waals surface area (Å²) in [4.78, 5) is 19.5. The Morgan fingerprint density at radius 2 is 1.72 bits per heavy atom. The number of imidazole rings is 1. The lowest BCUT2D eigenvalue weighted by atomic mass is 10.1. The summed E-state index contributed by atoms with van der Waals surface area (Å²) in [6, 6.07) is 22.2. The number of hydrogen-bond donors (Lipinski definition) is 0. The highest BCUT2D eigenvalue weighted by molar-refractivity contribution is 5.95. The number of halogens is 1. The van der Waals surface area contributed by atoms with Crippen molar-refractivity contribution in [2.75, 3.05) is 0 Å². The van der Waals surface area contributed by atoms with Gasteiger partial charge in [0.15, 0.2) is 0 Å². The van der Waals surface area contributed by atoms with Crippen molar-refractivity contribution in [3.05, 3.63) is 96.1 Å². The summed E-state index contributed by atoms with van der Waals surface area (Å²) in [6.07, 6.45) is 3.84. The van der Waals surface area contributed by atoms with Crippen molar-refractivity contribution in [2.45, 2.75) is 25.4 Å². The van der Waals surface area contributed by atoms with Gasteiger partial charge in [0.1, 0.15) is 12.1 Å². The van der Waals surface area contributed by atoms with Gasteiger partial charge in [-0.1, -0.05) is 24.3 Å². The average molecular weight is 385 g/mol. The molecule has 4 nitrogen and oxygen atoms in total. The number of para-hydroxylation sites is 2. The fourth-order valence-electron chi connectivity index (χ4n) is 3.63. The zero-order valence-electron chi connectivity index (χ0n) is 15.8. The molecule has 4 aromatic rings. The summed E-state index contributed by atoms with van der Waals surface area (Å²) in [5, 5.41) is 0. The van der Waals surface area contributed by atoms with Crippen LogP contribution in [0.25, 0.3) is 16.7 Å². The molecule has 29 heavy (non-hydrogen) atoms. The Hall–Kier alpha value is -3.47. The Labute approximate surface area is 168 Å². The number of amides is 1. The van der Waals surface area contributed by atoms with E-state index in [1.165, 1.54) is 12.1 Å². The zero-order chi connectivity index (χ0) is 19.8. The van der Waals surface area contributed by atoms with E-state index >= 15 is 0 Å². The molecule has 3 aromatic carbocycles. The molecule has 1 amide bonds. The van der Waals surface area contributed by atoms with Crippen molar-refractivity contribution in [1.82, 2.24) is 14.5 Å². The molecule has 0 saturated heterocycles. The molecule has 0 atom stereocenters. The lowest BCUT2D eigenvalue weighted by Gasteiger charge is -2.23. The van der Waals surface area contributed by atoms with Crippen molar-refractivity contribution in [1.29, 1.82) is 0 Å². The zero-order valence-corrected chi connectivity index (χ0v) is 15.8. The first-order valence-corrected chi connectivity index (χ1v) is 9.77. The van der Waals surface area contributed by atoms with Crippen LogP contribution in [0.4, 0.5) is 4.39 Å². The van der Waals surface area contributed by atoms with Crippen molar-refractivity contribution >= 4 is 16.9 Å². The molecule has 1 fully saturated rings. The van der Waals surface area contributed by atoms with Gasteiger partial charge in [-0.3, -0.25) is 9.36 Å². The number of benzene rings is 3. The molecule has 1 aliphatic carbocycles. The van der Waals surface area contributed by atoms with Gasteiger partial charge < -0.3 is 4.90 Å². The molecule has 1 aromatic heterocycles. The molecule has 0 radical (unpaired) electrons.